The molecule has 0 saturated heterocycles. The van der Waals surface area contributed by atoms with Crippen LogP contribution < -0.4 is 10.9 Å². The molecule has 1 N–H and O–H groups in total. The van der Waals surface area contributed by atoms with Gasteiger partial charge in [0.05, 0.1) is 10.8 Å². The third-order valence-electron chi connectivity index (χ3n) is 6.60. The van der Waals surface area contributed by atoms with Crippen LogP contribution >= 0.6 is 11.6 Å². The van der Waals surface area contributed by atoms with Crippen molar-refractivity contribution in [3.8, 4) is 0 Å². The zero-order valence-electron chi connectivity index (χ0n) is 19.6. The van der Waals surface area contributed by atoms with E-state index in [2.05, 4.69) is 22.2 Å². The van der Waals surface area contributed by atoms with Gasteiger partial charge in [-0.15, -0.1) is 0 Å². The van der Waals surface area contributed by atoms with Crippen LogP contribution in [-0.2, 0) is 10.8 Å². The molecule has 3 aromatic rings. The van der Waals surface area contributed by atoms with Crippen LogP contribution in [0.25, 0.3) is 11.0 Å². The lowest BCUT2D eigenvalue weighted by atomic mass is 9.87. The molecule has 0 spiro atoms. The summed E-state index contributed by atoms with van der Waals surface area (Å²) < 4.78 is 14.7. The minimum atomic E-state index is -0.993. The van der Waals surface area contributed by atoms with E-state index < -0.39 is 10.8 Å². The van der Waals surface area contributed by atoms with E-state index in [0.29, 0.717) is 17.0 Å². The van der Waals surface area contributed by atoms with Crippen LogP contribution in [-0.4, -0.2) is 24.0 Å². The van der Waals surface area contributed by atoms with E-state index in [9.17, 15) is 9.00 Å². The second kappa shape index (κ2) is 9.94. The predicted molar refractivity (Wildman–Crippen MR) is 136 cm³/mol. The molecule has 1 aliphatic rings. The smallest absolute Gasteiger partial charge is 0.271 e. The number of nitrogens with one attached hydrogen (secondary N) is 1. The van der Waals surface area contributed by atoms with Gasteiger partial charge in [0, 0.05) is 33.5 Å². The van der Waals surface area contributed by atoms with Gasteiger partial charge in [-0.05, 0) is 82.2 Å². The van der Waals surface area contributed by atoms with Crippen LogP contribution in [0.3, 0.4) is 0 Å². The Morgan fingerprint density at radius 3 is 2.58 bits per heavy atom. The molecule has 6 nitrogen and oxygen atoms in total. The number of rotatable bonds is 6. The molecule has 0 radical (unpaired) electrons. The minimum Gasteiger partial charge on any atom is -0.324 e. The van der Waals surface area contributed by atoms with Gasteiger partial charge in [-0.3, -0.25) is 13.6 Å². The standard InChI is InChI=1S/C25H31ClN4O2S/c1-5-17-6-8-19(9-7-17)33(32)20-10-11-22(16(4)12-20)28-25-27-14-18-13-21(26)24(31)30(15(2)3)23(18)29-25/h10-15,17,19H,5-9H2,1-4H3,(H,27,28,29)/t17?,19?,33-/m1/s1. The Morgan fingerprint density at radius 2 is 1.94 bits per heavy atom. The number of pyridine rings is 1. The van der Waals surface area contributed by atoms with Crippen LogP contribution in [0.2, 0.25) is 5.02 Å². The quantitative estimate of drug-likeness (QED) is 0.451. The van der Waals surface area contributed by atoms with Gasteiger partial charge in [0.15, 0.2) is 0 Å². The van der Waals surface area contributed by atoms with Gasteiger partial charge in [0.2, 0.25) is 5.95 Å². The zero-order chi connectivity index (χ0) is 23.7. The van der Waals surface area contributed by atoms with Crippen molar-refractivity contribution in [1.82, 2.24) is 14.5 Å². The fourth-order valence-corrected chi connectivity index (χ4v) is 6.38. The lowest BCUT2D eigenvalue weighted by molar-refractivity contribution is 0.353. The molecule has 1 saturated carbocycles. The maximum absolute atomic E-state index is 13.1. The normalized spacial score (nSPS) is 19.7. The fourth-order valence-electron chi connectivity index (χ4n) is 4.59. The molecule has 1 fully saturated rings. The number of hydrogen-bond acceptors (Lipinski definition) is 5. The van der Waals surface area contributed by atoms with Gasteiger partial charge in [-0.2, -0.15) is 4.98 Å². The molecule has 2 heterocycles. The number of nitrogens with zero attached hydrogens (tertiary/aromatic N) is 3. The highest BCUT2D eigenvalue weighted by atomic mass is 35.5. The molecule has 176 valence electrons. The SMILES string of the molecule is CCC1CCC([S@@](=O)c2ccc(Nc3ncc4cc(Cl)c(=O)n(C(C)C)c4n3)c(C)c2)CC1. The van der Waals surface area contributed by atoms with Gasteiger partial charge in [-0.1, -0.05) is 24.9 Å². The van der Waals surface area contributed by atoms with E-state index in [1.807, 2.05) is 39.0 Å². The number of fused-ring (bicyclic) bond motifs is 1. The van der Waals surface area contributed by atoms with E-state index in [-0.39, 0.29) is 21.9 Å². The van der Waals surface area contributed by atoms with E-state index in [1.165, 1.54) is 19.3 Å². The van der Waals surface area contributed by atoms with Crippen molar-refractivity contribution in [3.05, 3.63) is 51.4 Å². The first-order valence-electron chi connectivity index (χ1n) is 11.6. The second-order valence-electron chi connectivity index (χ2n) is 9.18. The van der Waals surface area contributed by atoms with Crippen molar-refractivity contribution >= 4 is 45.1 Å². The van der Waals surface area contributed by atoms with Gasteiger partial charge in [-0.25, -0.2) is 4.98 Å². The summed E-state index contributed by atoms with van der Waals surface area (Å²) in [4.78, 5) is 22.4. The first-order valence-corrected chi connectivity index (χ1v) is 13.2. The molecule has 0 bridgehead atoms. The third-order valence-corrected chi connectivity index (χ3v) is 8.66. The number of aromatic nitrogens is 3. The first-order chi connectivity index (χ1) is 15.8. The first kappa shape index (κ1) is 23.9. The van der Waals surface area contributed by atoms with Crippen LogP contribution in [0.15, 0.2) is 40.2 Å². The Labute approximate surface area is 202 Å². The Bertz CT molecular complexity index is 1250. The third kappa shape index (κ3) is 4.99. The average Bonchev–Trinajstić information content (AvgIpc) is 2.80. The summed E-state index contributed by atoms with van der Waals surface area (Å²) in [7, 11) is -0.993. The minimum absolute atomic E-state index is 0.0927. The van der Waals surface area contributed by atoms with Crippen LogP contribution in [0.5, 0.6) is 0 Å². The highest BCUT2D eigenvalue weighted by Crippen LogP contribution is 2.32. The molecule has 33 heavy (non-hydrogen) atoms. The molecule has 1 aliphatic carbocycles. The lowest BCUT2D eigenvalue weighted by Crippen LogP contribution is -2.23. The molecule has 0 amide bonds. The highest BCUT2D eigenvalue weighted by Gasteiger charge is 2.25. The molecule has 4 rings (SSSR count). The monoisotopic (exact) mass is 486 g/mol. The molecule has 1 aromatic carbocycles. The molecule has 8 heteroatoms. The summed E-state index contributed by atoms with van der Waals surface area (Å²) in [6.07, 6.45) is 7.32. The number of benzene rings is 1. The van der Waals surface area contributed by atoms with Crippen LogP contribution in [0.1, 0.15) is 64.5 Å². The van der Waals surface area contributed by atoms with Gasteiger partial charge < -0.3 is 5.32 Å². The molecule has 2 aromatic heterocycles. The summed E-state index contributed by atoms with van der Waals surface area (Å²) in [5, 5.41) is 4.36. The fraction of sp³-hybridized carbons (Fsp3) is 0.480. The van der Waals surface area contributed by atoms with Gasteiger partial charge in [0.25, 0.3) is 5.56 Å². The highest BCUT2D eigenvalue weighted by molar-refractivity contribution is 7.85. The summed E-state index contributed by atoms with van der Waals surface area (Å²) in [6.45, 7) is 8.07. The van der Waals surface area contributed by atoms with Gasteiger partial charge >= 0.3 is 0 Å². The Balaban J connectivity index is 1.57. The molecule has 0 unspecified atom stereocenters. The number of hydrogen-bond donors (Lipinski definition) is 1. The largest absolute Gasteiger partial charge is 0.324 e. The van der Waals surface area contributed by atoms with Crippen molar-refractivity contribution in [1.29, 1.82) is 0 Å². The predicted octanol–water partition coefficient (Wildman–Crippen LogP) is 6.15. The van der Waals surface area contributed by atoms with E-state index in [1.54, 1.807) is 16.8 Å². The van der Waals surface area contributed by atoms with Crippen LogP contribution in [0, 0.1) is 12.8 Å². The lowest BCUT2D eigenvalue weighted by Gasteiger charge is -2.27. The number of aryl methyl sites for hydroxylation is 1. The summed E-state index contributed by atoms with van der Waals surface area (Å²) >= 11 is 6.11. The maximum Gasteiger partial charge on any atom is 0.271 e. The summed E-state index contributed by atoms with van der Waals surface area (Å²) in [5.74, 6) is 1.19. The van der Waals surface area contributed by atoms with Crippen molar-refractivity contribution in [3.63, 3.8) is 0 Å². The van der Waals surface area contributed by atoms with E-state index in [4.69, 9.17) is 11.6 Å². The summed E-state index contributed by atoms with van der Waals surface area (Å²) in [6, 6.07) is 7.37. The van der Waals surface area contributed by atoms with Crippen molar-refractivity contribution in [2.24, 2.45) is 5.92 Å². The number of anilines is 2. The van der Waals surface area contributed by atoms with Crippen molar-refractivity contribution < 1.29 is 4.21 Å². The van der Waals surface area contributed by atoms with E-state index in [0.717, 1.165) is 34.9 Å². The molecule has 1 atom stereocenters. The topological polar surface area (TPSA) is 76.9 Å². The Hall–Kier alpha value is -2.25. The Kier molecular flexibility index (Phi) is 7.19. The average molecular weight is 487 g/mol. The second-order valence-corrected chi connectivity index (χ2v) is 11.3. The molecular formula is C25H31ClN4O2S. The maximum atomic E-state index is 13.1. The van der Waals surface area contributed by atoms with E-state index >= 15 is 0 Å². The van der Waals surface area contributed by atoms with Crippen molar-refractivity contribution in [2.45, 2.75) is 76.0 Å². The molecule has 0 aliphatic heterocycles. The van der Waals surface area contributed by atoms with Crippen molar-refractivity contribution in [2.75, 3.05) is 5.32 Å². The number of halogens is 1. The zero-order valence-corrected chi connectivity index (χ0v) is 21.2. The Morgan fingerprint density at radius 1 is 1.21 bits per heavy atom. The van der Waals surface area contributed by atoms with Gasteiger partial charge in [0.1, 0.15) is 10.7 Å². The summed E-state index contributed by atoms with van der Waals surface area (Å²) in [5.41, 5.74) is 2.09. The van der Waals surface area contributed by atoms with Crippen LogP contribution in [0.4, 0.5) is 11.6 Å². The molecular weight excluding hydrogens is 456 g/mol.